The molecule has 0 N–H and O–H groups in total. The molecule has 0 radical (unpaired) electrons. The van der Waals surface area contributed by atoms with E-state index < -0.39 is 15.7 Å². The lowest BCUT2D eigenvalue weighted by Gasteiger charge is -2.40. The summed E-state index contributed by atoms with van der Waals surface area (Å²) < 4.78 is 36.2. The van der Waals surface area contributed by atoms with Gasteiger partial charge in [0, 0.05) is 38.6 Å². The van der Waals surface area contributed by atoms with Gasteiger partial charge in [0.05, 0.1) is 17.3 Å². The van der Waals surface area contributed by atoms with Crippen LogP contribution in [0.1, 0.15) is 25.7 Å². The molecule has 156 valence electrons. The lowest BCUT2D eigenvalue weighted by Crippen LogP contribution is -2.41. The molecule has 2 aliphatic rings. The molecule has 2 aromatic heterocycles. The van der Waals surface area contributed by atoms with E-state index in [1.807, 2.05) is 0 Å². The fourth-order valence-corrected chi connectivity index (χ4v) is 4.98. The second kappa shape index (κ2) is 8.22. The minimum absolute atomic E-state index is 0.257. The van der Waals surface area contributed by atoms with E-state index in [2.05, 4.69) is 24.8 Å². The van der Waals surface area contributed by atoms with Crippen LogP contribution in [0.4, 0.5) is 16.2 Å². The fourth-order valence-electron chi connectivity index (χ4n) is 4.42. The van der Waals surface area contributed by atoms with Crippen molar-refractivity contribution in [3.05, 3.63) is 36.5 Å². The molecule has 0 bridgehead atoms. The molecule has 0 aliphatic carbocycles. The van der Waals surface area contributed by atoms with E-state index in [0.717, 1.165) is 57.7 Å². The molecule has 9 heteroatoms. The summed E-state index contributed by atoms with van der Waals surface area (Å²) in [6.07, 6.45) is 9.54. The van der Waals surface area contributed by atoms with Gasteiger partial charge in [-0.05, 0) is 49.7 Å². The highest BCUT2D eigenvalue weighted by molar-refractivity contribution is 7.90. The summed E-state index contributed by atoms with van der Waals surface area (Å²) in [6, 6.07) is 3.44. The summed E-state index contributed by atoms with van der Waals surface area (Å²) in [5.74, 6) is 2.44. The van der Waals surface area contributed by atoms with Crippen LogP contribution in [0.2, 0.25) is 0 Å². The lowest BCUT2D eigenvalue weighted by molar-refractivity contribution is 0.232. The fraction of sp³-hybridized carbons (Fsp3) is 0.550. The van der Waals surface area contributed by atoms with Crippen LogP contribution in [0.5, 0.6) is 0 Å². The van der Waals surface area contributed by atoms with Gasteiger partial charge in [-0.3, -0.25) is 0 Å². The number of aromatic nitrogens is 3. The topological polar surface area (TPSA) is 79.3 Å². The average Bonchev–Trinajstić information content (AvgIpc) is 2.74. The van der Waals surface area contributed by atoms with Crippen molar-refractivity contribution in [2.45, 2.75) is 30.6 Å². The third-order valence-electron chi connectivity index (χ3n) is 6.11. The summed E-state index contributed by atoms with van der Waals surface area (Å²) in [5, 5.41) is 0. The zero-order valence-electron chi connectivity index (χ0n) is 16.5. The largest absolute Gasteiger partial charge is 0.357 e. The van der Waals surface area contributed by atoms with Gasteiger partial charge in [0.25, 0.3) is 0 Å². The van der Waals surface area contributed by atoms with Crippen molar-refractivity contribution in [2.75, 3.05) is 42.2 Å². The van der Waals surface area contributed by atoms with Crippen LogP contribution in [-0.2, 0) is 9.84 Å². The molecule has 2 aliphatic heterocycles. The number of nitrogens with zero attached hydrogens (tertiary/aromatic N) is 5. The molecule has 0 saturated carbocycles. The predicted molar refractivity (Wildman–Crippen MR) is 109 cm³/mol. The van der Waals surface area contributed by atoms with Crippen LogP contribution in [0, 0.1) is 17.7 Å². The first-order valence-electron chi connectivity index (χ1n) is 10.0. The van der Waals surface area contributed by atoms with E-state index in [0.29, 0.717) is 17.8 Å². The molecule has 29 heavy (non-hydrogen) atoms. The van der Waals surface area contributed by atoms with Crippen molar-refractivity contribution in [1.82, 2.24) is 15.0 Å². The Morgan fingerprint density at radius 3 is 1.90 bits per heavy atom. The Labute approximate surface area is 170 Å². The smallest absolute Gasteiger partial charge is 0.225 e. The maximum Gasteiger partial charge on any atom is 0.225 e. The Morgan fingerprint density at radius 1 is 0.862 bits per heavy atom. The van der Waals surface area contributed by atoms with Gasteiger partial charge in [-0.1, -0.05) is 0 Å². The number of rotatable bonds is 4. The highest BCUT2D eigenvalue weighted by atomic mass is 32.2. The van der Waals surface area contributed by atoms with Gasteiger partial charge in [0.1, 0.15) is 5.82 Å². The summed E-state index contributed by atoms with van der Waals surface area (Å²) in [7, 11) is -3.21. The number of piperidine rings is 2. The minimum Gasteiger partial charge on any atom is -0.357 e. The molecule has 0 amide bonds. The molecule has 4 heterocycles. The van der Waals surface area contributed by atoms with Crippen molar-refractivity contribution in [2.24, 2.45) is 11.8 Å². The first kappa shape index (κ1) is 20.0. The van der Waals surface area contributed by atoms with Crippen molar-refractivity contribution in [3.63, 3.8) is 0 Å². The number of hydrogen-bond donors (Lipinski definition) is 0. The number of hydrogen-bond acceptors (Lipinski definition) is 7. The zero-order chi connectivity index (χ0) is 20.4. The summed E-state index contributed by atoms with van der Waals surface area (Å²) in [5.41, 5.74) is 0. The molecule has 7 nitrogen and oxygen atoms in total. The van der Waals surface area contributed by atoms with E-state index in [9.17, 15) is 12.8 Å². The molecular weight excluding hydrogens is 393 g/mol. The van der Waals surface area contributed by atoms with Crippen LogP contribution >= 0.6 is 0 Å². The van der Waals surface area contributed by atoms with Crippen molar-refractivity contribution in [1.29, 1.82) is 0 Å². The van der Waals surface area contributed by atoms with Gasteiger partial charge in [-0.15, -0.1) is 0 Å². The normalized spacial score (nSPS) is 19.5. The van der Waals surface area contributed by atoms with Gasteiger partial charge >= 0.3 is 0 Å². The lowest BCUT2D eigenvalue weighted by atomic mass is 9.79. The predicted octanol–water partition coefficient (Wildman–Crippen LogP) is 2.55. The van der Waals surface area contributed by atoms with Gasteiger partial charge < -0.3 is 9.80 Å². The SMILES string of the molecule is CS(=O)(=O)c1ccc(N2CCC(C3CCN(c4ncc(F)cn4)CC3)CC2)nc1. The molecule has 0 unspecified atom stereocenters. The molecule has 0 aromatic carbocycles. The van der Waals surface area contributed by atoms with Crippen LogP contribution < -0.4 is 9.80 Å². The van der Waals surface area contributed by atoms with Crippen LogP contribution in [0.3, 0.4) is 0 Å². The van der Waals surface area contributed by atoms with E-state index in [-0.39, 0.29) is 4.90 Å². The van der Waals surface area contributed by atoms with E-state index in [4.69, 9.17) is 0 Å². The zero-order valence-corrected chi connectivity index (χ0v) is 17.4. The molecule has 0 spiro atoms. The average molecular weight is 420 g/mol. The Bertz CT molecular complexity index is 920. The molecule has 2 aromatic rings. The van der Waals surface area contributed by atoms with Gasteiger partial charge in [0.15, 0.2) is 15.7 Å². The summed E-state index contributed by atoms with van der Waals surface area (Å²) >= 11 is 0. The first-order chi connectivity index (χ1) is 13.9. The van der Waals surface area contributed by atoms with Crippen LogP contribution in [0.25, 0.3) is 0 Å². The second-order valence-corrected chi connectivity index (χ2v) is 9.99. The minimum atomic E-state index is -3.21. The molecule has 4 rings (SSSR count). The Kier molecular flexibility index (Phi) is 5.67. The molecule has 0 atom stereocenters. The van der Waals surface area contributed by atoms with E-state index >= 15 is 0 Å². The number of anilines is 2. The monoisotopic (exact) mass is 419 g/mol. The Balaban J connectivity index is 1.28. The van der Waals surface area contributed by atoms with Gasteiger partial charge in [-0.25, -0.2) is 27.8 Å². The maximum atomic E-state index is 13.0. The first-order valence-corrected chi connectivity index (χ1v) is 11.9. The Hall–Kier alpha value is -2.29. The third kappa shape index (κ3) is 4.66. The standard InChI is InChI=1S/C20H26FN5O2S/c1-29(27,28)18-2-3-19(22-14-18)25-8-4-15(5-9-25)16-6-10-26(11-7-16)20-23-12-17(21)13-24-20/h2-3,12-16H,4-11H2,1H3. The van der Waals surface area contributed by atoms with Crippen molar-refractivity contribution < 1.29 is 12.8 Å². The number of pyridine rings is 1. The summed E-state index contributed by atoms with van der Waals surface area (Å²) in [4.78, 5) is 17.2. The quantitative estimate of drug-likeness (QED) is 0.753. The van der Waals surface area contributed by atoms with Crippen LogP contribution in [-0.4, -0.2) is 55.8 Å². The highest BCUT2D eigenvalue weighted by Gasteiger charge is 2.30. The third-order valence-corrected chi connectivity index (χ3v) is 7.21. The Morgan fingerprint density at radius 2 is 1.41 bits per heavy atom. The van der Waals surface area contributed by atoms with Crippen LogP contribution in [0.15, 0.2) is 35.6 Å². The van der Waals surface area contributed by atoms with E-state index in [1.54, 1.807) is 12.1 Å². The van der Waals surface area contributed by atoms with Crippen molar-refractivity contribution in [3.8, 4) is 0 Å². The number of halogens is 1. The highest BCUT2D eigenvalue weighted by Crippen LogP contribution is 2.34. The van der Waals surface area contributed by atoms with Gasteiger partial charge in [0.2, 0.25) is 5.95 Å². The molecule has 2 saturated heterocycles. The van der Waals surface area contributed by atoms with Gasteiger partial charge in [-0.2, -0.15) is 0 Å². The second-order valence-electron chi connectivity index (χ2n) is 7.97. The van der Waals surface area contributed by atoms with Crippen molar-refractivity contribution >= 4 is 21.6 Å². The number of sulfone groups is 1. The molecule has 2 fully saturated rings. The maximum absolute atomic E-state index is 13.0. The molecular formula is C20H26FN5O2S. The van der Waals surface area contributed by atoms with E-state index in [1.165, 1.54) is 24.8 Å². The summed E-state index contributed by atoms with van der Waals surface area (Å²) in [6.45, 7) is 3.70.